The number of nitrogens with one attached hydrogen (secondary N) is 1. The molecule has 1 aromatic rings. The Morgan fingerprint density at radius 2 is 2.38 bits per heavy atom. The van der Waals surface area contributed by atoms with Crippen molar-refractivity contribution in [2.24, 2.45) is 0 Å². The van der Waals surface area contributed by atoms with Gasteiger partial charge in [-0.25, -0.2) is 4.39 Å². The zero-order valence-corrected chi connectivity index (χ0v) is 12.6. The normalized spacial score (nSPS) is 27.5. The highest BCUT2D eigenvalue weighted by atomic mass is 19.1. The lowest BCUT2D eigenvalue weighted by molar-refractivity contribution is -0.0564. The van der Waals surface area contributed by atoms with E-state index in [0.717, 1.165) is 31.8 Å². The number of fused-ring (bicyclic) bond motifs is 1. The van der Waals surface area contributed by atoms with Crippen LogP contribution in [0.5, 0.6) is 0 Å². The first kappa shape index (κ1) is 14.9. The van der Waals surface area contributed by atoms with Crippen molar-refractivity contribution in [3.63, 3.8) is 0 Å². The summed E-state index contributed by atoms with van der Waals surface area (Å²) >= 11 is 0. The molecule has 0 amide bonds. The van der Waals surface area contributed by atoms with Crippen LogP contribution in [0.3, 0.4) is 0 Å². The van der Waals surface area contributed by atoms with Gasteiger partial charge in [0.25, 0.3) is 0 Å². The summed E-state index contributed by atoms with van der Waals surface area (Å²) in [6.07, 6.45) is 6.45. The monoisotopic (exact) mass is 293 g/mol. The molecule has 2 aliphatic rings. The number of ether oxygens (including phenoxy) is 1. The third kappa shape index (κ3) is 3.42. The van der Waals surface area contributed by atoms with E-state index < -0.39 is 0 Å². The Morgan fingerprint density at radius 1 is 1.48 bits per heavy atom. The minimum Gasteiger partial charge on any atom is -0.375 e. The number of hydrogen-bond acceptors (Lipinski definition) is 4. The topological polar surface area (TPSA) is 37.4 Å². The molecule has 2 heterocycles. The maximum atomic E-state index is 13.0. The van der Waals surface area contributed by atoms with E-state index in [1.54, 1.807) is 6.07 Å². The zero-order chi connectivity index (χ0) is 14.7. The largest absolute Gasteiger partial charge is 0.375 e. The van der Waals surface area contributed by atoms with Gasteiger partial charge >= 0.3 is 0 Å². The molecule has 5 heteroatoms. The van der Waals surface area contributed by atoms with Crippen molar-refractivity contribution in [1.82, 2.24) is 15.2 Å². The molecule has 116 valence electrons. The lowest BCUT2D eigenvalue weighted by Crippen LogP contribution is -2.49. The standard InChI is InChI=1S/C16H24FN3O/c1-18-13(14-6-5-12(17)11-19-14)7-8-20-9-10-21-16-4-2-3-15(16)20/h5-6,11,13,15-16,18H,2-4,7-10H2,1H3. The minimum absolute atomic E-state index is 0.174. The van der Waals surface area contributed by atoms with Crippen LogP contribution in [0.15, 0.2) is 18.3 Å². The van der Waals surface area contributed by atoms with Gasteiger partial charge in [0.05, 0.1) is 30.6 Å². The van der Waals surface area contributed by atoms with Crippen LogP contribution >= 0.6 is 0 Å². The number of rotatable bonds is 5. The van der Waals surface area contributed by atoms with Crippen LogP contribution < -0.4 is 5.32 Å². The molecule has 1 aliphatic carbocycles. The van der Waals surface area contributed by atoms with Crippen molar-refractivity contribution >= 4 is 0 Å². The molecule has 1 saturated carbocycles. The highest BCUT2D eigenvalue weighted by molar-refractivity contribution is 5.10. The summed E-state index contributed by atoms with van der Waals surface area (Å²) in [5.41, 5.74) is 0.912. The number of halogens is 1. The lowest BCUT2D eigenvalue weighted by atomic mass is 10.1. The molecule has 0 spiro atoms. The predicted molar refractivity (Wildman–Crippen MR) is 79.6 cm³/mol. The maximum Gasteiger partial charge on any atom is 0.141 e. The molecule has 3 rings (SSSR count). The fourth-order valence-electron chi connectivity index (χ4n) is 3.61. The fraction of sp³-hybridized carbons (Fsp3) is 0.688. The second-order valence-corrected chi connectivity index (χ2v) is 5.97. The van der Waals surface area contributed by atoms with Crippen molar-refractivity contribution in [1.29, 1.82) is 0 Å². The molecule has 1 aliphatic heterocycles. The first-order valence-corrected chi connectivity index (χ1v) is 7.92. The summed E-state index contributed by atoms with van der Waals surface area (Å²) in [4.78, 5) is 6.76. The minimum atomic E-state index is -0.282. The van der Waals surface area contributed by atoms with Gasteiger partial charge in [0, 0.05) is 19.1 Å². The summed E-state index contributed by atoms with van der Waals surface area (Å²) in [5.74, 6) is -0.282. The SMILES string of the molecule is CNC(CCN1CCOC2CCCC21)c1ccc(F)cn1. The summed E-state index contributed by atoms with van der Waals surface area (Å²) in [6.45, 7) is 2.91. The number of pyridine rings is 1. The van der Waals surface area contributed by atoms with Crippen LogP contribution in [0.2, 0.25) is 0 Å². The summed E-state index contributed by atoms with van der Waals surface area (Å²) in [6, 6.07) is 4.02. The van der Waals surface area contributed by atoms with Gasteiger partial charge < -0.3 is 10.1 Å². The van der Waals surface area contributed by atoms with Crippen LogP contribution in [0, 0.1) is 5.82 Å². The van der Waals surface area contributed by atoms with Gasteiger partial charge in [-0.1, -0.05) is 0 Å². The molecule has 3 atom stereocenters. The van der Waals surface area contributed by atoms with Crippen molar-refractivity contribution in [2.75, 3.05) is 26.7 Å². The Bertz CT molecular complexity index is 453. The van der Waals surface area contributed by atoms with Gasteiger partial charge in [0.15, 0.2) is 0 Å². The number of hydrogen-bond donors (Lipinski definition) is 1. The fourth-order valence-corrected chi connectivity index (χ4v) is 3.61. The molecule has 3 unspecified atom stereocenters. The highest BCUT2D eigenvalue weighted by Crippen LogP contribution is 2.30. The van der Waals surface area contributed by atoms with Crippen molar-refractivity contribution < 1.29 is 9.13 Å². The van der Waals surface area contributed by atoms with Gasteiger partial charge in [0.2, 0.25) is 0 Å². The predicted octanol–water partition coefficient (Wildman–Crippen LogP) is 2.12. The summed E-state index contributed by atoms with van der Waals surface area (Å²) in [5, 5.41) is 3.29. The van der Waals surface area contributed by atoms with Gasteiger partial charge in [-0.15, -0.1) is 0 Å². The molecule has 0 aromatic carbocycles. The Hall–Kier alpha value is -1.04. The number of aromatic nitrogens is 1. The summed E-state index contributed by atoms with van der Waals surface area (Å²) in [7, 11) is 1.94. The molecule has 0 bridgehead atoms. The first-order chi connectivity index (χ1) is 10.3. The van der Waals surface area contributed by atoms with Gasteiger partial charge in [-0.05, 0) is 44.9 Å². The molecular weight excluding hydrogens is 269 g/mol. The first-order valence-electron chi connectivity index (χ1n) is 7.92. The van der Waals surface area contributed by atoms with E-state index in [1.165, 1.54) is 31.5 Å². The quantitative estimate of drug-likeness (QED) is 0.902. The van der Waals surface area contributed by atoms with Crippen molar-refractivity contribution in [2.45, 2.75) is 43.9 Å². The highest BCUT2D eigenvalue weighted by Gasteiger charge is 2.35. The molecule has 1 N–H and O–H groups in total. The van der Waals surface area contributed by atoms with Crippen LogP contribution in [0.25, 0.3) is 0 Å². The third-order valence-corrected chi connectivity index (χ3v) is 4.76. The Morgan fingerprint density at radius 3 is 3.14 bits per heavy atom. The second kappa shape index (κ2) is 6.81. The van der Waals surface area contributed by atoms with Crippen LogP contribution in [-0.4, -0.2) is 48.8 Å². The average Bonchev–Trinajstić information content (AvgIpc) is 2.99. The van der Waals surface area contributed by atoms with Crippen LogP contribution in [0.4, 0.5) is 4.39 Å². The molecule has 0 radical (unpaired) electrons. The lowest BCUT2D eigenvalue weighted by Gasteiger charge is -2.38. The molecule has 21 heavy (non-hydrogen) atoms. The van der Waals surface area contributed by atoms with E-state index in [9.17, 15) is 4.39 Å². The van der Waals surface area contributed by atoms with Gasteiger partial charge in [0.1, 0.15) is 5.82 Å². The Balaban J connectivity index is 1.58. The van der Waals surface area contributed by atoms with E-state index in [-0.39, 0.29) is 11.9 Å². The van der Waals surface area contributed by atoms with E-state index in [1.807, 2.05) is 7.05 Å². The van der Waals surface area contributed by atoms with E-state index in [2.05, 4.69) is 15.2 Å². The maximum absolute atomic E-state index is 13.0. The second-order valence-electron chi connectivity index (χ2n) is 5.97. The molecule has 4 nitrogen and oxygen atoms in total. The average molecular weight is 293 g/mol. The number of nitrogens with zero attached hydrogens (tertiary/aromatic N) is 2. The van der Waals surface area contributed by atoms with Crippen LogP contribution in [-0.2, 0) is 4.74 Å². The smallest absolute Gasteiger partial charge is 0.141 e. The van der Waals surface area contributed by atoms with E-state index in [0.29, 0.717) is 12.1 Å². The summed E-state index contributed by atoms with van der Waals surface area (Å²) < 4.78 is 18.8. The molecule has 1 aromatic heterocycles. The third-order valence-electron chi connectivity index (χ3n) is 4.76. The van der Waals surface area contributed by atoms with E-state index in [4.69, 9.17) is 4.74 Å². The molecule has 2 fully saturated rings. The Kier molecular flexibility index (Phi) is 4.83. The van der Waals surface area contributed by atoms with Gasteiger partial charge in [-0.2, -0.15) is 0 Å². The van der Waals surface area contributed by atoms with Gasteiger partial charge in [-0.3, -0.25) is 9.88 Å². The number of morpholine rings is 1. The Labute approximate surface area is 125 Å². The molecule has 1 saturated heterocycles. The van der Waals surface area contributed by atoms with Crippen molar-refractivity contribution in [3.05, 3.63) is 29.8 Å². The van der Waals surface area contributed by atoms with Crippen molar-refractivity contribution in [3.8, 4) is 0 Å². The molecular formula is C16H24FN3O. The van der Waals surface area contributed by atoms with Crippen LogP contribution in [0.1, 0.15) is 37.4 Å². The van der Waals surface area contributed by atoms with E-state index >= 15 is 0 Å². The zero-order valence-electron chi connectivity index (χ0n) is 12.6.